The van der Waals surface area contributed by atoms with Crippen LogP contribution in [-0.4, -0.2) is 21.1 Å². The van der Waals surface area contributed by atoms with Gasteiger partial charge in [0.15, 0.2) is 17.5 Å². The Labute approximate surface area is 161 Å². The standard InChI is InChI=1S/C18H14F3N3OS2/c1-8(16(25)24-11-6-5-10(19)14(20)15(11)21)26-17-13-9-3-2-4-12(9)27-18(13)23-7-22-17/h5-8H,2-4H2,1H3,(H,24,25). The maximum atomic E-state index is 13.8. The third-order valence-electron chi connectivity index (χ3n) is 4.42. The number of thioether (sulfide) groups is 1. The summed E-state index contributed by atoms with van der Waals surface area (Å²) in [6.07, 6.45) is 4.57. The second-order valence-corrected chi connectivity index (χ2v) is 8.60. The van der Waals surface area contributed by atoms with E-state index in [-0.39, 0.29) is 0 Å². The number of hydrogen-bond donors (Lipinski definition) is 1. The highest BCUT2D eigenvalue weighted by molar-refractivity contribution is 8.00. The molecule has 140 valence electrons. The first-order chi connectivity index (χ1) is 13.0. The van der Waals surface area contributed by atoms with E-state index in [1.165, 1.54) is 28.5 Å². The summed E-state index contributed by atoms with van der Waals surface area (Å²) in [5.41, 5.74) is 0.855. The van der Waals surface area contributed by atoms with E-state index in [0.29, 0.717) is 5.03 Å². The highest BCUT2D eigenvalue weighted by atomic mass is 32.2. The van der Waals surface area contributed by atoms with Gasteiger partial charge in [0.2, 0.25) is 5.91 Å². The molecule has 0 fully saturated rings. The smallest absolute Gasteiger partial charge is 0.237 e. The molecule has 3 aromatic rings. The zero-order valence-electron chi connectivity index (χ0n) is 14.2. The van der Waals surface area contributed by atoms with Gasteiger partial charge in [-0.3, -0.25) is 4.79 Å². The van der Waals surface area contributed by atoms with Crippen LogP contribution in [0.3, 0.4) is 0 Å². The summed E-state index contributed by atoms with van der Waals surface area (Å²) in [5.74, 6) is -4.86. The number of halogens is 3. The predicted octanol–water partition coefficient (Wildman–Crippen LogP) is 4.72. The molecule has 1 N–H and O–H groups in total. The van der Waals surface area contributed by atoms with Crippen molar-refractivity contribution in [1.82, 2.24) is 9.97 Å². The molecule has 2 heterocycles. The van der Waals surface area contributed by atoms with Gasteiger partial charge in [-0.25, -0.2) is 23.1 Å². The van der Waals surface area contributed by atoms with Gasteiger partial charge in [0.05, 0.1) is 10.9 Å². The fraction of sp³-hybridized carbons (Fsp3) is 0.278. The lowest BCUT2D eigenvalue weighted by Crippen LogP contribution is -2.23. The number of carbonyl (C=O) groups excluding carboxylic acids is 1. The average Bonchev–Trinajstić information content (AvgIpc) is 3.23. The number of fused-ring (bicyclic) bond motifs is 3. The van der Waals surface area contributed by atoms with Crippen molar-refractivity contribution in [2.24, 2.45) is 0 Å². The molecule has 1 aliphatic rings. The third-order valence-corrected chi connectivity index (χ3v) is 6.72. The summed E-state index contributed by atoms with van der Waals surface area (Å²) in [6.45, 7) is 1.65. The van der Waals surface area contributed by atoms with Crippen LogP contribution in [0, 0.1) is 17.5 Å². The number of benzene rings is 1. The van der Waals surface area contributed by atoms with E-state index < -0.39 is 34.3 Å². The summed E-state index contributed by atoms with van der Waals surface area (Å²) < 4.78 is 40.1. The largest absolute Gasteiger partial charge is 0.323 e. The molecule has 0 spiro atoms. The first-order valence-corrected chi connectivity index (χ1v) is 10.0. The number of rotatable bonds is 4. The Morgan fingerprint density at radius 1 is 1.22 bits per heavy atom. The second kappa shape index (κ2) is 7.12. The van der Waals surface area contributed by atoms with Crippen LogP contribution in [0.1, 0.15) is 23.8 Å². The van der Waals surface area contributed by atoms with Crippen LogP contribution in [0.4, 0.5) is 18.9 Å². The van der Waals surface area contributed by atoms with Gasteiger partial charge < -0.3 is 5.32 Å². The van der Waals surface area contributed by atoms with E-state index in [1.54, 1.807) is 18.3 Å². The fourth-order valence-corrected chi connectivity index (χ4v) is 5.31. The molecule has 0 saturated heterocycles. The van der Waals surface area contributed by atoms with E-state index in [4.69, 9.17) is 0 Å². The Hall–Kier alpha value is -2.13. The van der Waals surface area contributed by atoms with Crippen molar-refractivity contribution in [2.45, 2.75) is 36.5 Å². The minimum absolute atomic E-state index is 0.393. The Morgan fingerprint density at radius 3 is 2.85 bits per heavy atom. The van der Waals surface area contributed by atoms with Crippen LogP contribution in [0.5, 0.6) is 0 Å². The topological polar surface area (TPSA) is 54.9 Å². The minimum Gasteiger partial charge on any atom is -0.323 e. The lowest BCUT2D eigenvalue weighted by molar-refractivity contribution is -0.115. The van der Waals surface area contributed by atoms with E-state index >= 15 is 0 Å². The van der Waals surface area contributed by atoms with Gasteiger partial charge in [0, 0.05) is 10.3 Å². The Bertz CT molecular complexity index is 1050. The molecule has 0 saturated carbocycles. The maximum Gasteiger partial charge on any atom is 0.237 e. The first-order valence-electron chi connectivity index (χ1n) is 8.32. The summed E-state index contributed by atoms with van der Waals surface area (Å²) in [6, 6.07) is 1.77. The van der Waals surface area contributed by atoms with E-state index in [9.17, 15) is 18.0 Å². The second-order valence-electron chi connectivity index (χ2n) is 6.19. The number of amides is 1. The van der Waals surface area contributed by atoms with E-state index in [1.807, 2.05) is 0 Å². The molecule has 9 heteroatoms. The highest BCUT2D eigenvalue weighted by Gasteiger charge is 2.24. The molecule has 1 aliphatic carbocycles. The summed E-state index contributed by atoms with van der Waals surface area (Å²) in [5, 5.41) is 3.38. The average molecular weight is 409 g/mol. The zero-order valence-corrected chi connectivity index (χ0v) is 15.8. The molecule has 4 nitrogen and oxygen atoms in total. The van der Waals surface area contributed by atoms with Crippen molar-refractivity contribution in [3.05, 3.63) is 46.4 Å². The summed E-state index contributed by atoms with van der Waals surface area (Å²) >= 11 is 2.89. The molecular weight excluding hydrogens is 395 g/mol. The monoisotopic (exact) mass is 409 g/mol. The predicted molar refractivity (Wildman–Crippen MR) is 99.7 cm³/mol. The normalized spacial score (nSPS) is 14.4. The highest BCUT2D eigenvalue weighted by Crippen LogP contribution is 2.41. The Balaban J connectivity index is 1.56. The number of thiophene rings is 1. The van der Waals surface area contributed by atoms with Crippen molar-refractivity contribution in [3.63, 3.8) is 0 Å². The number of carbonyl (C=O) groups is 1. The molecule has 1 aromatic carbocycles. The van der Waals surface area contributed by atoms with Crippen molar-refractivity contribution in [3.8, 4) is 0 Å². The van der Waals surface area contributed by atoms with Gasteiger partial charge in [-0.15, -0.1) is 11.3 Å². The molecule has 0 aliphatic heterocycles. The van der Waals surface area contributed by atoms with Crippen LogP contribution < -0.4 is 5.32 Å². The van der Waals surface area contributed by atoms with Gasteiger partial charge in [-0.1, -0.05) is 11.8 Å². The number of nitrogens with one attached hydrogen (secondary N) is 1. The van der Waals surface area contributed by atoms with Gasteiger partial charge in [-0.2, -0.15) is 0 Å². The van der Waals surface area contributed by atoms with Crippen LogP contribution in [0.2, 0.25) is 0 Å². The number of aromatic nitrogens is 2. The summed E-state index contributed by atoms with van der Waals surface area (Å²) in [7, 11) is 0. The lowest BCUT2D eigenvalue weighted by atomic mass is 10.2. The molecule has 0 radical (unpaired) electrons. The molecule has 0 bridgehead atoms. The quantitative estimate of drug-likeness (QED) is 0.385. The van der Waals surface area contributed by atoms with Crippen LogP contribution >= 0.6 is 23.1 Å². The first kappa shape index (κ1) is 18.2. The third kappa shape index (κ3) is 3.29. The molecule has 1 unspecified atom stereocenters. The number of hydrogen-bond acceptors (Lipinski definition) is 5. The van der Waals surface area contributed by atoms with Crippen molar-refractivity contribution in [2.75, 3.05) is 5.32 Å². The lowest BCUT2D eigenvalue weighted by Gasteiger charge is -2.13. The Kier molecular flexibility index (Phi) is 4.81. The zero-order chi connectivity index (χ0) is 19.1. The number of nitrogens with zero attached hydrogens (tertiary/aromatic N) is 2. The van der Waals surface area contributed by atoms with Crippen molar-refractivity contribution < 1.29 is 18.0 Å². The SMILES string of the molecule is CC(Sc1ncnc2sc3c(c12)CCC3)C(=O)Nc1ccc(F)c(F)c1F. The number of aryl methyl sites for hydroxylation is 2. The minimum atomic E-state index is -1.61. The van der Waals surface area contributed by atoms with Crippen LogP contribution in [0.25, 0.3) is 10.2 Å². The van der Waals surface area contributed by atoms with Gasteiger partial charge in [-0.05, 0) is 43.9 Å². The van der Waals surface area contributed by atoms with Gasteiger partial charge in [0.25, 0.3) is 0 Å². The molecular formula is C18H14F3N3OS2. The van der Waals surface area contributed by atoms with Crippen LogP contribution in [0.15, 0.2) is 23.5 Å². The molecule has 2 aromatic heterocycles. The van der Waals surface area contributed by atoms with Gasteiger partial charge in [0.1, 0.15) is 16.2 Å². The maximum absolute atomic E-state index is 13.8. The molecule has 4 rings (SSSR count). The summed E-state index contributed by atoms with van der Waals surface area (Å²) in [4.78, 5) is 23.3. The molecule has 1 atom stereocenters. The van der Waals surface area contributed by atoms with Crippen molar-refractivity contribution >= 4 is 44.9 Å². The van der Waals surface area contributed by atoms with Crippen molar-refractivity contribution in [1.29, 1.82) is 0 Å². The fourth-order valence-electron chi connectivity index (χ4n) is 3.07. The number of anilines is 1. The van der Waals surface area contributed by atoms with E-state index in [0.717, 1.165) is 41.6 Å². The van der Waals surface area contributed by atoms with Crippen LogP contribution in [-0.2, 0) is 17.6 Å². The van der Waals surface area contributed by atoms with Gasteiger partial charge >= 0.3 is 0 Å². The molecule has 1 amide bonds. The Morgan fingerprint density at radius 2 is 2.04 bits per heavy atom. The van der Waals surface area contributed by atoms with E-state index in [2.05, 4.69) is 15.3 Å². The molecule has 27 heavy (non-hydrogen) atoms.